The molecule has 3 rings (SSSR count). The van der Waals surface area contributed by atoms with E-state index in [2.05, 4.69) is 16.0 Å². The molecule has 1 heterocycles. The van der Waals surface area contributed by atoms with E-state index in [1.54, 1.807) is 6.08 Å². The molecule has 0 aliphatic carbocycles. The molecule has 4 heteroatoms. The monoisotopic (exact) mass is 289 g/mol. The van der Waals surface area contributed by atoms with Gasteiger partial charge in [0, 0.05) is 0 Å². The third-order valence-corrected chi connectivity index (χ3v) is 3.25. The zero-order valence-electron chi connectivity index (χ0n) is 12.2. The molecule has 0 aliphatic rings. The highest BCUT2D eigenvalue weighted by Crippen LogP contribution is 2.21. The van der Waals surface area contributed by atoms with Crippen LogP contribution in [0.5, 0.6) is 5.75 Å². The van der Waals surface area contributed by atoms with Crippen LogP contribution in [0, 0.1) is 11.3 Å². The second-order valence-corrected chi connectivity index (χ2v) is 4.78. The summed E-state index contributed by atoms with van der Waals surface area (Å²) in [6, 6.07) is 17.6. The van der Waals surface area contributed by atoms with Crippen molar-refractivity contribution in [2.45, 2.75) is 6.92 Å². The molecule has 108 valence electrons. The first kappa shape index (κ1) is 13.9. The predicted molar refractivity (Wildman–Crippen MR) is 87.2 cm³/mol. The van der Waals surface area contributed by atoms with Crippen molar-refractivity contribution in [2.75, 3.05) is 6.61 Å². The largest absolute Gasteiger partial charge is 0.494 e. The molecule has 0 atom stereocenters. The molecule has 1 N–H and O–H groups in total. The average Bonchev–Trinajstić information content (AvgIpc) is 2.97. The second kappa shape index (κ2) is 6.15. The van der Waals surface area contributed by atoms with Crippen LogP contribution in [-0.2, 0) is 0 Å². The van der Waals surface area contributed by atoms with E-state index < -0.39 is 0 Å². The Morgan fingerprint density at radius 1 is 1.27 bits per heavy atom. The normalized spacial score (nSPS) is 11.4. The Bertz CT molecular complexity index is 838. The molecule has 22 heavy (non-hydrogen) atoms. The van der Waals surface area contributed by atoms with Crippen molar-refractivity contribution in [3.63, 3.8) is 0 Å². The van der Waals surface area contributed by atoms with Gasteiger partial charge < -0.3 is 9.72 Å². The molecule has 0 aliphatic heterocycles. The van der Waals surface area contributed by atoms with Crippen molar-refractivity contribution in [3.8, 4) is 11.8 Å². The summed E-state index contributed by atoms with van der Waals surface area (Å²) in [4.78, 5) is 7.63. The van der Waals surface area contributed by atoms with Crippen molar-refractivity contribution < 1.29 is 4.74 Å². The number of hydrogen-bond donors (Lipinski definition) is 1. The van der Waals surface area contributed by atoms with E-state index in [9.17, 15) is 5.26 Å². The molecule has 3 aromatic rings. The highest BCUT2D eigenvalue weighted by molar-refractivity contribution is 5.90. The van der Waals surface area contributed by atoms with Crippen LogP contribution in [0.1, 0.15) is 18.3 Å². The summed E-state index contributed by atoms with van der Waals surface area (Å²) in [6.45, 7) is 2.56. The number of imidazole rings is 1. The number of allylic oxidation sites excluding steroid dienone is 1. The van der Waals surface area contributed by atoms with Crippen LogP contribution in [0.15, 0.2) is 48.5 Å². The van der Waals surface area contributed by atoms with Crippen molar-refractivity contribution in [3.05, 3.63) is 59.9 Å². The van der Waals surface area contributed by atoms with E-state index in [0.717, 1.165) is 22.3 Å². The molecule has 0 spiro atoms. The van der Waals surface area contributed by atoms with Gasteiger partial charge in [0.25, 0.3) is 0 Å². The first-order valence-electron chi connectivity index (χ1n) is 7.10. The maximum atomic E-state index is 9.43. The quantitative estimate of drug-likeness (QED) is 0.738. The fourth-order valence-corrected chi connectivity index (χ4v) is 2.26. The number of nitrogens with one attached hydrogen (secondary N) is 1. The summed E-state index contributed by atoms with van der Waals surface area (Å²) in [5.41, 5.74) is 3.16. The van der Waals surface area contributed by atoms with Crippen LogP contribution in [0.25, 0.3) is 22.7 Å². The van der Waals surface area contributed by atoms with Gasteiger partial charge in [-0.05, 0) is 42.8 Å². The summed E-state index contributed by atoms with van der Waals surface area (Å²) in [5.74, 6) is 1.36. The van der Waals surface area contributed by atoms with Gasteiger partial charge in [0.15, 0.2) is 0 Å². The van der Waals surface area contributed by atoms with Crippen LogP contribution < -0.4 is 4.74 Å². The fourth-order valence-electron chi connectivity index (χ4n) is 2.26. The van der Waals surface area contributed by atoms with E-state index in [1.165, 1.54) is 0 Å². The molecular weight excluding hydrogens is 274 g/mol. The first-order chi connectivity index (χ1) is 10.8. The Kier molecular flexibility index (Phi) is 3.88. The number of fused-ring (bicyclic) bond motifs is 1. The molecule has 1 aromatic heterocycles. The maximum absolute atomic E-state index is 9.43. The van der Waals surface area contributed by atoms with Crippen LogP contribution in [0.3, 0.4) is 0 Å². The summed E-state index contributed by atoms with van der Waals surface area (Å²) < 4.78 is 5.48. The molecule has 0 saturated carbocycles. The topological polar surface area (TPSA) is 61.7 Å². The molecule has 0 unspecified atom stereocenters. The van der Waals surface area contributed by atoms with Gasteiger partial charge in [-0.2, -0.15) is 5.26 Å². The van der Waals surface area contributed by atoms with Gasteiger partial charge in [0.2, 0.25) is 0 Å². The number of nitriles is 1. The van der Waals surface area contributed by atoms with Crippen molar-refractivity contribution in [2.24, 2.45) is 0 Å². The Labute approximate surface area is 128 Å². The van der Waals surface area contributed by atoms with Gasteiger partial charge in [-0.3, -0.25) is 0 Å². The number of nitrogens with zero attached hydrogens (tertiary/aromatic N) is 2. The summed E-state index contributed by atoms with van der Waals surface area (Å²) >= 11 is 0. The predicted octanol–water partition coefficient (Wildman–Crippen LogP) is 4.03. The summed E-state index contributed by atoms with van der Waals surface area (Å²) in [6.07, 6.45) is 1.81. The Hall–Kier alpha value is -3.06. The van der Waals surface area contributed by atoms with Gasteiger partial charge in [-0.15, -0.1) is 0 Å². The van der Waals surface area contributed by atoms with E-state index in [-0.39, 0.29) is 0 Å². The van der Waals surface area contributed by atoms with Crippen LogP contribution in [0.2, 0.25) is 0 Å². The SMILES string of the molecule is CCOc1cccc(C=C(C#N)c2nc3ccccc3[nH]2)c1. The summed E-state index contributed by atoms with van der Waals surface area (Å²) in [7, 11) is 0. The second-order valence-electron chi connectivity index (χ2n) is 4.78. The number of ether oxygens (including phenoxy) is 1. The van der Waals surface area contributed by atoms with Gasteiger partial charge >= 0.3 is 0 Å². The van der Waals surface area contributed by atoms with Crippen LogP contribution >= 0.6 is 0 Å². The average molecular weight is 289 g/mol. The lowest BCUT2D eigenvalue weighted by molar-refractivity contribution is 0.340. The Morgan fingerprint density at radius 3 is 2.91 bits per heavy atom. The smallest absolute Gasteiger partial charge is 0.149 e. The van der Waals surface area contributed by atoms with Gasteiger partial charge in [0.05, 0.1) is 23.2 Å². The molecule has 0 radical (unpaired) electrons. The minimum atomic E-state index is 0.491. The van der Waals surface area contributed by atoms with Crippen molar-refractivity contribution in [1.29, 1.82) is 5.26 Å². The van der Waals surface area contributed by atoms with Crippen LogP contribution in [0.4, 0.5) is 0 Å². The lowest BCUT2D eigenvalue weighted by Gasteiger charge is -2.03. The third-order valence-electron chi connectivity index (χ3n) is 3.25. The first-order valence-corrected chi connectivity index (χ1v) is 7.10. The highest BCUT2D eigenvalue weighted by Gasteiger charge is 2.07. The Morgan fingerprint density at radius 2 is 2.14 bits per heavy atom. The van der Waals surface area contributed by atoms with E-state index in [4.69, 9.17) is 4.74 Å². The fraction of sp³-hybridized carbons (Fsp3) is 0.111. The standard InChI is InChI=1S/C18H15N3O/c1-2-22-15-7-5-6-13(11-15)10-14(12-19)18-20-16-8-3-4-9-17(16)21-18/h3-11H,2H2,1H3,(H,20,21). The molecule has 0 amide bonds. The number of hydrogen-bond acceptors (Lipinski definition) is 3. The van der Waals surface area contributed by atoms with Crippen LogP contribution in [-0.4, -0.2) is 16.6 Å². The van der Waals surface area contributed by atoms with E-state index >= 15 is 0 Å². The number of rotatable bonds is 4. The number of H-pyrrole nitrogens is 1. The number of benzene rings is 2. The third kappa shape index (κ3) is 2.84. The molecule has 2 aromatic carbocycles. The molecule has 4 nitrogen and oxygen atoms in total. The molecular formula is C18H15N3O. The minimum absolute atomic E-state index is 0.491. The van der Waals surface area contributed by atoms with E-state index in [1.807, 2.05) is 55.5 Å². The number of aromatic amines is 1. The minimum Gasteiger partial charge on any atom is -0.494 e. The highest BCUT2D eigenvalue weighted by atomic mass is 16.5. The van der Waals surface area contributed by atoms with Gasteiger partial charge in [-0.25, -0.2) is 4.98 Å². The zero-order valence-corrected chi connectivity index (χ0v) is 12.2. The Balaban J connectivity index is 1.99. The lowest BCUT2D eigenvalue weighted by atomic mass is 10.1. The number of aromatic nitrogens is 2. The summed E-state index contributed by atoms with van der Waals surface area (Å²) in [5, 5.41) is 9.43. The lowest BCUT2D eigenvalue weighted by Crippen LogP contribution is -1.91. The molecule has 0 fully saturated rings. The van der Waals surface area contributed by atoms with E-state index in [0.29, 0.717) is 18.0 Å². The van der Waals surface area contributed by atoms with Crippen molar-refractivity contribution in [1.82, 2.24) is 9.97 Å². The van der Waals surface area contributed by atoms with Crippen molar-refractivity contribution >= 4 is 22.7 Å². The zero-order chi connectivity index (χ0) is 15.4. The molecule has 0 saturated heterocycles. The maximum Gasteiger partial charge on any atom is 0.149 e. The number of para-hydroxylation sites is 2. The van der Waals surface area contributed by atoms with Gasteiger partial charge in [-0.1, -0.05) is 24.3 Å². The van der Waals surface area contributed by atoms with Gasteiger partial charge in [0.1, 0.15) is 17.6 Å². The molecule has 0 bridgehead atoms.